The fraction of sp³-hybridized carbons (Fsp3) is 0.182. The third-order valence-corrected chi connectivity index (χ3v) is 2.93. The first-order valence-electron chi connectivity index (χ1n) is 4.95. The first-order valence-corrected chi connectivity index (χ1v) is 5.74. The molecular weight excluding hydrogens is 307 g/mol. The number of rotatable bonds is 3. The molecule has 0 aliphatic carbocycles. The monoisotopic (exact) mass is 314 g/mol. The van der Waals surface area contributed by atoms with Crippen molar-refractivity contribution in [3.05, 3.63) is 45.8 Å². The van der Waals surface area contributed by atoms with Gasteiger partial charge < -0.3 is 9.26 Å². The zero-order chi connectivity index (χ0) is 13.1. The van der Waals surface area contributed by atoms with Gasteiger partial charge in [0.05, 0.1) is 7.11 Å². The molecule has 0 fully saturated rings. The predicted molar refractivity (Wildman–Crippen MR) is 62.5 cm³/mol. The minimum Gasteiger partial charge on any atom is -0.462 e. The van der Waals surface area contributed by atoms with E-state index in [1.807, 2.05) is 0 Å². The maximum atomic E-state index is 12.9. The Morgan fingerprint density at radius 3 is 3.00 bits per heavy atom. The number of nitrogens with zero attached hydrogens (tertiary/aromatic N) is 2. The van der Waals surface area contributed by atoms with Gasteiger partial charge in [0.25, 0.3) is 0 Å². The molecule has 0 N–H and O–H groups in total. The summed E-state index contributed by atoms with van der Waals surface area (Å²) in [5.74, 6) is -0.908. The Hall–Kier alpha value is -1.76. The van der Waals surface area contributed by atoms with E-state index in [-0.39, 0.29) is 11.7 Å². The molecule has 7 heteroatoms. The van der Waals surface area contributed by atoms with Gasteiger partial charge in [-0.3, -0.25) is 0 Å². The van der Waals surface area contributed by atoms with E-state index >= 15 is 0 Å². The van der Waals surface area contributed by atoms with Crippen molar-refractivity contribution in [3.8, 4) is 0 Å². The molecule has 94 valence electrons. The van der Waals surface area contributed by atoms with Crippen LogP contribution >= 0.6 is 15.9 Å². The van der Waals surface area contributed by atoms with E-state index in [9.17, 15) is 9.18 Å². The maximum Gasteiger partial charge on any atom is 0.397 e. The topological polar surface area (TPSA) is 65.2 Å². The zero-order valence-corrected chi connectivity index (χ0v) is 10.9. The van der Waals surface area contributed by atoms with Gasteiger partial charge in [-0.1, -0.05) is 27.2 Å². The summed E-state index contributed by atoms with van der Waals surface area (Å²) in [5.41, 5.74) is 0.786. The molecule has 2 aromatic rings. The number of hydrogen-bond donors (Lipinski definition) is 0. The Kier molecular flexibility index (Phi) is 3.71. The van der Waals surface area contributed by atoms with Gasteiger partial charge in [0.2, 0.25) is 0 Å². The third kappa shape index (κ3) is 2.73. The summed E-state index contributed by atoms with van der Waals surface area (Å²) in [6.07, 6.45) is 0.321. The van der Waals surface area contributed by atoms with E-state index in [1.54, 1.807) is 6.07 Å². The lowest BCUT2D eigenvalue weighted by Crippen LogP contribution is -2.01. The molecule has 0 radical (unpaired) electrons. The molecule has 0 saturated carbocycles. The lowest BCUT2D eigenvalue weighted by molar-refractivity contribution is 0.0545. The molecule has 0 aliphatic rings. The van der Waals surface area contributed by atoms with E-state index in [1.165, 1.54) is 19.2 Å². The van der Waals surface area contributed by atoms with Crippen molar-refractivity contribution in [2.75, 3.05) is 7.11 Å². The molecule has 0 atom stereocenters. The number of halogens is 2. The van der Waals surface area contributed by atoms with Crippen molar-refractivity contribution in [1.82, 2.24) is 10.1 Å². The van der Waals surface area contributed by atoms with Gasteiger partial charge in [-0.05, 0) is 17.7 Å². The number of hydrogen-bond acceptors (Lipinski definition) is 5. The highest BCUT2D eigenvalue weighted by atomic mass is 79.9. The Bertz CT molecular complexity index is 585. The van der Waals surface area contributed by atoms with Crippen LogP contribution in [-0.4, -0.2) is 23.2 Å². The highest BCUT2D eigenvalue weighted by Gasteiger charge is 2.16. The van der Waals surface area contributed by atoms with Crippen LogP contribution in [0.15, 0.2) is 27.2 Å². The molecule has 0 bridgehead atoms. The van der Waals surface area contributed by atoms with Gasteiger partial charge in [-0.15, -0.1) is 0 Å². The Morgan fingerprint density at radius 2 is 2.33 bits per heavy atom. The predicted octanol–water partition coefficient (Wildman–Crippen LogP) is 2.35. The lowest BCUT2D eigenvalue weighted by atomic mass is 10.1. The highest BCUT2D eigenvalue weighted by molar-refractivity contribution is 9.10. The van der Waals surface area contributed by atoms with Crippen molar-refractivity contribution in [1.29, 1.82) is 0 Å². The molecule has 18 heavy (non-hydrogen) atoms. The van der Waals surface area contributed by atoms with Crippen LogP contribution in [0.2, 0.25) is 0 Å². The van der Waals surface area contributed by atoms with Gasteiger partial charge >= 0.3 is 11.9 Å². The Balaban J connectivity index is 2.18. The second-order valence-electron chi connectivity index (χ2n) is 3.42. The van der Waals surface area contributed by atoms with Gasteiger partial charge in [0.15, 0.2) is 5.82 Å². The van der Waals surface area contributed by atoms with Crippen LogP contribution in [0.1, 0.15) is 22.1 Å². The van der Waals surface area contributed by atoms with E-state index in [0.29, 0.717) is 16.7 Å². The van der Waals surface area contributed by atoms with E-state index in [4.69, 9.17) is 4.52 Å². The molecule has 0 aliphatic heterocycles. The summed E-state index contributed by atoms with van der Waals surface area (Å²) in [5, 5.41) is 3.64. The minimum atomic E-state index is -0.688. The molecule has 1 heterocycles. The van der Waals surface area contributed by atoms with Gasteiger partial charge in [0.1, 0.15) is 5.82 Å². The van der Waals surface area contributed by atoms with Crippen molar-refractivity contribution in [2.45, 2.75) is 6.42 Å². The van der Waals surface area contributed by atoms with Gasteiger partial charge in [-0.2, -0.15) is 4.98 Å². The number of esters is 1. The molecule has 0 spiro atoms. The first kappa shape index (κ1) is 12.7. The van der Waals surface area contributed by atoms with Gasteiger partial charge in [0, 0.05) is 10.9 Å². The van der Waals surface area contributed by atoms with Gasteiger partial charge in [-0.25, -0.2) is 9.18 Å². The number of benzene rings is 1. The standard InChI is InChI=1S/C11H8BrFN2O3/c1-17-11(16)10-14-9(15-18-10)4-6-2-3-7(13)5-8(6)12/h2-3,5H,4H2,1H3. The number of methoxy groups -OCH3 is 1. The molecule has 5 nitrogen and oxygen atoms in total. The normalized spacial score (nSPS) is 10.4. The number of aromatic nitrogens is 2. The van der Waals surface area contributed by atoms with E-state index in [2.05, 4.69) is 30.8 Å². The van der Waals surface area contributed by atoms with Crippen LogP contribution in [0.4, 0.5) is 4.39 Å². The quantitative estimate of drug-likeness (QED) is 0.814. The molecule has 0 amide bonds. The third-order valence-electron chi connectivity index (χ3n) is 2.19. The summed E-state index contributed by atoms with van der Waals surface area (Å²) < 4.78 is 22.7. The first-order chi connectivity index (χ1) is 8.60. The average Bonchev–Trinajstić information content (AvgIpc) is 2.80. The maximum absolute atomic E-state index is 12.9. The lowest BCUT2D eigenvalue weighted by Gasteiger charge is -2.00. The largest absolute Gasteiger partial charge is 0.462 e. The summed E-state index contributed by atoms with van der Waals surface area (Å²) in [7, 11) is 1.22. The molecule has 1 aromatic heterocycles. The molecular formula is C11H8BrFN2O3. The summed E-state index contributed by atoms with van der Waals surface area (Å²) in [4.78, 5) is 15.0. The van der Waals surface area contributed by atoms with Crippen LogP contribution in [0, 0.1) is 5.82 Å². The van der Waals surface area contributed by atoms with Crippen molar-refractivity contribution < 1.29 is 18.4 Å². The fourth-order valence-electron chi connectivity index (χ4n) is 1.33. The molecule has 0 unspecified atom stereocenters. The summed E-state index contributed by atoms with van der Waals surface area (Å²) >= 11 is 3.24. The Labute approximate surface area is 110 Å². The van der Waals surface area contributed by atoms with Crippen molar-refractivity contribution in [2.24, 2.45) is 0 Å². The molecule has 0 saturated heterocycles. The second-order valence-corrected chi connectivity index (χ2v) is 4.27. The smallest absolute Gasteiger partial charge is 0.397 e. The van der Waals surface area contributed by atoms with Crippen LogP contribution in [0.25, 0.3) is 0 Å². The number of ether oxygens (including phenoxy) is 1. The molecule has 2 rings (SSSR count). The van der Waals surface area contributed by atoms with E-state index in [0.717, 1.165) is 5.56 Å². The van der Waals surface area contributed by atoms with E-state index < -0.39 is 5.97 Å². The number of carbonyl (C=O) groups is 1. The zero-order valence-electron chi connectivity index (χ0n) is 9.31. The average molecular weight is 315 g/mol. The van der Waals surface area contributed by atoms with Crippen LogP contribution in [0.5, 0.6) is 0 Å². The van der Waals surface area contributed by atoms with Crippen LogP contribution < -0.4 is 0 Å². The summed E-state index contributed by atoms with van der Waals surface area (Å²) in [6, 6.07) is 4.28. The van der Waals surface area contributed by atoms with Crippen LogP contribution in [-0.2, 0) is 11.2 Å². The van der Waals surface area contributed by atoms with Crippen LogP contribution in [0.3, 0.4) is 0 Å². The minimum absolute atomic E-state index is 0.203. The Morgan fingerprint density at radius 1 is 1.56 bits per heavy atom. The number of carbonyl (C=O) groups excluding carboxylic acids is 1. The van der Waals surface area contributed by atoms with Crippen molar-refractivity contribution in [3.63, 3.8) is 0 Å². The fourth-order valence-corrected chi connectivity index (χ4v) is 1.82. The summed E-state index contributed by atoms with van der Waals surface area (Å²) in [6.45, 7) is 0. The highest BCUT2D eigenvalue weighted by Crippen LogP contribution is 2.20. The van der Waals surface area contributed by atoms with Crippen molar-refractivity contribution >= 4 is 21.9 Å². The molecule has 1 aromatic carbocycles. The SMILES string of the molecule is COC(=O)c1nc(Cc2ccc(F)cc2Br)no1. The second kappa shape index (κ2) is 5.26.